The molecule has 22 heavy (non-hydrogen) atoms. The molecule has 0 radical (unpaired) electrons. The van der Waals surface area contributed by atoms with Crippen molar-refractivity contribution in [3.05, 3.63) is 22.8 Å². The number of carbonyl (C=O) groups excluding carboxylic acids is 1. The van der Waals surface area contributed by atoms with Crippen LogP contribution in [0, 0.1) is 0 Å². The summed E-state index contributed by atoms with van der Waals surface area (Å²) in [6.07, 6.45) is 5.83. The Morgan fingerprint density at radius 3 is 3.18 bits per heavy atom. The summed E-state index contributed by atoms with van der Waals surface area (Å²) in [5.74, 6) is 0.0292. The highest BCUT2D eigenvalue weighted by Gasteiger charge is 2.35. The first-order chi connectivity index (χ1) is 10.8. The van der Waals surface area contributed by atoms with Crippen LogP contribution < -0.4 is 10.2 Å². The summed E-state index contributed by atoms with van der Waals surface area (Å²) in [7, 11) is 1.71. The highest BCUT2D eigenvalue weighted by Crippen LogP contribution is 2.46. The maximum atomic E-state index is 12.5. The predicted octanol–water partition coefficient (Wildman–Crippen LogP) is 1.65. The summed E-state index contributed by atoms with van der Waals surface area (Å²) in [5, 5.41) is 9.95. The molecule has 6 nitrogen and oxygen atoms in total. The van der Waals surface area contributed by atoms with Crippen LogP contribution in [0.15, 0.2) is 12.4 Å². The monoisotopic (exact) mass is 318 g/mol. The van der Waals surface area contributed by atoms with Gasteiger partial charge in [0.15, 0.2) is 0 Å². The molecular formula is C15H18N4O2S. The Morgan fingerprint density at radius 2 is 2.41 bits per heavy atom. The van der Waals surface area contributed by atoms with Crippen molar-refractivity contribution >= 4 is 22.9 Å². The number of hydrogen-bond donors (Lipinski definition) is 2. The van der Waals surface area contributed by atoms with Gasteiger partial charge in [0.2, 0.25) is 0 Å². The third-order valence-electron chi connectivity index (χ3n) is 4.36. The number of ether oxygens (including phenoxy) is 1. The molecule has 0 spiro atoms. The number of rotatable bonds is 3. The first-order valence-corrected chi connectivity index (χ1v) is 8.30. The Kier molecular flexibility index (Phi) is 3.38. The number of nitrogens with zero attached hydrogens (tertiary/aromatic N) is 2. The topological polar surface area (TPSA) is 70.2 Å². The lowest BCUT2D eigenvalue weighted by Crippen LogP contribution is -2.46. The number of amides is 1. The van der Waals surface area contributed by atoms with Crippen LogP contribution in [0.4, 0.5) is 5.69 Å². The van der Waals surface area contributed by atoms with Gasteiger partial charge in [-0.1, -0.05) is 0 Å². The van der Waals surface area contributed by atoms with E-state index in [0.29, 0.717) is 13.2 Å². The Bertz CT molecular complexity index is 695. The number of nitrogens with one attached hydrogen (secondary N) is 2. The number of carbonyl (C=O) groups is 1. The third kappa shape index (κ3) is 2.04. The van der Waals surface area contributed by atoms with Gasteiger partial charge in [-0.25, -0.2) is 0 Å². The smallest absolute Gasteiger partial charge is 0.263 e. The number of anilines is 1. The molecule has 1 atom stereocenters. The van der Waals surface area contributed by atoms with Crippen molar-refractivity contribution in [2.75, 3.05) is 31.7 Å². The van der Waals surface area contributed by atoms with Crippen LogP contribution in [0.1, 0.15) is 21.7 Å². The number of H-pyrrole nitrogens is 1. The van der Waals surface area contributed by atoms with Crippen LogP contribution in [0.2, 0.25) is 0 Å². The summed E-state index contributed by atoms with van der Waals surface area (Å²) >= 11 is 1.58. The van der Waals surface area contributed by atoms with E-state index in [9.17, 15) is 4.79 Å². The molecule has 1 amide bonds. The van der Waals surface area contributed by atoms with Crippen molar-refractivity contribution in [2.45, 2.75) is 18.9 Å². The summed E-state index contributed by atoms with van der Waals surface area (Å²) < 4.78 is 5.36. The van der Waals surface area contributed by atoms with E-state index < -0.39 is 0 Å². The lowest BCUT2D eigenvalue weighted by molar-refractivity contribution is 0.0953. The average molecular weight is 318 g/mol. The summed E-state index contributed by atoms with van der Waals surface area (Å²) in [6.45, 7) is 2.23. The van der Waals surface area contributed by atoms with Gasteiger partial charge in [0.1, 0.15) is 4.88 Å². The van der Waals surface area contributed by atoms with Crippen LogP contribution in [-0.4, -0.2) is 49.0 Å². The van der Waals surface area contributed by atoms with E-state index in [1.165, 1.54) is 5.56 Å². The van der Waals surface area contributed by atoms with Gasteiger partial charge in [-0.2, -0.15) is 5.10 Å². The van der Waals surface area contributed by atoms with Crippen molar-refractivity contribution in [1.29, 1.82) is 0 Å². The van der Waals surface area contributed by atoms with Crippen molar-refractivity contribution in [2.24, 2.45) is 0 Å². The molecule has 2 N–H and O–H groups in total. The van der Waals surface area contributed by atoms with Crippen molar-refractivity contribution < 1.29 is 9.53 Å². The van der Waals surface area contributed by atoms with Gasteiger partial charge in [-0.15, -0.1) is 11.3 Å². The molecule has 2 aromatic heterocycles. The van der Waals surface area contributed by atoms with E-state index in [0.717, 1.165) is 40.4 Å². The minimum absolute atomic E-state index is 0.0292. The normalized spacial score (nSPS) is 20.5. The van der Waals surface area contributed by atoms with E-state index in [2.05, 4.69) is 20.4 Å². The zero-order valence-electron chi connectivity index (χ0n) is 12.4. The quantitative estimate of drug-likeness (QED) is 0.903. The highest BCUT2D eigenvalue weighted by atomic mass is 32.1. The molecule has 4 heterocycles. The van der Waals surface area contributed by atoms with E-state index in [1.807, 2.05) is 12.4 Å². The first-order valence-electron chi connectivity index (χ1n) is 7.48. The van der Waals surface area contributed by atoms with Crippen LogP contribution in [0.3, 0.4) is 0 Å². The Morgan fingerprint density at radius 1 is 1.50 bits per heavy atom. The summed E-state index contributed by atoms with van der Waals surface area (Å²) in [4.78, 5) is 16.8. The molecule has 2 aliphatic rings. The molecule has 0 bridgehead atoms. The highest BCUT2D eigenvalue weighted by molar-refractivity contribution is 7.18. The summed E-state index contributed by atoms with van der Waals surface area (Å²) in [5.41, 5.74) is 3.46. The third-order valence-corrected chi connectivity index (χ3v) is 5.63. The fourth-order valence-electron chi connectivity index (χ4n) is 3.40. The molecule has 4 rings (SSSR count). The van der Waals surface area contributed by atoms with E-state index in [1.54, 1.807) is 18.4 Å². The Hall–Kier alpha value is -1.86. The number of aromatic nitrogens is 2. The van der Waals surface area contributed by atoms with E-state index in [4.69, 9.17) is 4.74 Å². The number of aromatic amines is 1. The molecule has 2 aromatic rings. The molecule has 0 fully saturated rings. The molecule has 0 aliphatic carbocycles. The van der Waals surface area contributed by atoms with Crippen molar-refractivity contribution in [3.8, 4) is 10.4 Å². The van der Waals surface area contributed by atoms with Gasteiger partial charge in [0, 0.05) is 36.8 Å². The second-order valence-corrected chi connectivity index (χ2v) is 6.71. The Labute approximate surface area is 132 Å². The second-order valence-electron chi connectivity index (χ2n) is 5.69. The molecule has 0 unspecified atom stereocenters. The second kappa shape index (κ2) is 5.40. The zero-order valence-corrected chi connectivity index (χ0v) is 13.2. The molecule has 116 valence electrons. The Balaban J connectivity index is 1.87. The number of hydrogen-bond acceptors (Lipinski definition) is 5. The van der Waals surface area contributed by atoms with Crippen LogP contribution in [-0.2, 0) is 11.2 Å². The van der Waals surface area contributed by atoms with Gasteiger partial charge < -0.3 is 15.0 Å². The molecule has 7 heteroatoms. The van der Waals surface area contributed by atoms with Crippen LogP contribution >= 0.6 is 11.3 Å². The van der Waals surface area contributed by atoms with Gasteiger partial charge in [0.05, 0.1) is 24.5 Å². The average Bonchev–Trinajstić information content (AvgIpc) is 3.15. The number of methoxy groups -OCH3 is 1. The van der Waals surface area contributed by atoms with E-state index in [-0.39, 0.29) is 11.9 Å². The maximum Gasteiger partial charge on any atom is 0.263 e. The lowest BCUT2D eigenvalue weighted by atomic mass is 9.99. The van der Waals surface area contributed by atoms with Crippen molar-refractivity contribution in [3.63, 3.8) is 0 Å². The van der Waals surface area contributed by atoms with Gasteiger partial charge in [0.25, 0.3) is 5.91 Å². The molecule has 0 saturated heterocycles. The molecule has 0 saturated carbocycles. The largest absolute Gasteiger partial charge is 0.382 e. The SMILES string of the molecule is COC[C@H]1CNC(=O)c2sc(-c3cn[nH]c3)c3c2N1CCC3. The molecule has 2 aliphatic heterocycles. The van der Waals surface area contributed by atoms with Gasteiger partial charge >= 0.3 is 0 Å². The zero-order chi connectivity index (χ0) is 15.1. The van der Waals surface area contributed by atoms with Crippen LogP contribution in [0.5, 0.6) is 0 Å². The van der Waals surface area contributed by atoms with Gasteiger partial charge in [-0.05, 0) is 18.4 Å². The van der Waals surface area contributed by atoms with Gasteiger partial charge in [-0.3, -0.25) is 9.89 Å². The predicted molar refractivity (Wildman–Crippen MR) is 85.6 cm³/mol. The standard InChI is InChI=1S/C15H18N4O2S/c1-21-8-10-7-16-15(20)14-12-11(3-2-4-19(10)12)13(22-14)9-5-17-18-6-9/h5-6,10H,2-4,7-8H2,1H3,(H,16,20)(H,17,18)/t10-/m1/s1. The van der Waals surface area contributed by atoms with Crippen molar-refractivity contribution in [1.82, 2.24) is 15.5 Å². The fraction of sp³-hybridized carbons (Fsp3) is 0.467. The minimum Gasteiger partial charge on any atom is -0.382 e. The lowest BCUT2D eigenvalue weighted by Gasteiger charge is -2.35. The minimum atomic E-state index is 0.0292. The molecule has 0 aromatic carbocycles. The molecular weight excluding hydrogens is 300 g/mol. The fourth-order valence-corrected chi connectivity index (χ4v) is 4.66. The number of thiophene rings is 1. The maximum absolute atomic E-state index is 12.5. The van der Waals surface area contributed by atoms with E-state index >= 15 is 0 Å². The summed E-state index contributed by atoms with van der Waals surface area (Å²) in [6, 6.07) is 0.195. The first kappa shape index (κ1) is 13.8. The van der Waals surface area contributed by atoms with Crippen LogP contribution in [0.25, 0.3) is 10.4 Å².